The molecule has 4 rings (SSSR count). The number of carboxylic acid groups (broad SMARTS) is 1. The molecule has 1 saturated heterocycles. The van der Waals surface area contributed by atoms with E-state index in [9.17, 15) is 14.7 Å². The van der Waals surface area contributed by atoms with Crippen molar-refractivity contribution in [3.8, 4) is 0 Å². The molecule has 2 aliphatic rings. The Kier molecular flexibility index (Phi) is 3.71. The Labute approximate surface area is 140 Å². The fraction of sp³-hybridized carbons (Fsp3) is 0.421. The highest BCUT2D eigenvalue weighted by Crippen LogP contribution is 2.40. The summed E-state index contributed by atoms with van der Waals surface area (Å²) in [5.41, 5.74) is 1.38. The summed E-state index contributed by atoms with van der Waals surface area (Å²) in [6, 6.07) is 8.52. The highest BCUT2D eigenvalue weighted by Gasteiger charge is 2.47. The second-order valence-corrected chi connectivity index (χ2v) is 6.82. The van der Waals surface area contributed by atoms with Gasteiger partial charge < -0.3 is 10.0 Å². The highest BCUT2D eigenvalue weighted by molar-refractivity contribution is 6.00. The molecule has 2 aromatic rings. The Morgan fingerprint density at radius 1 is 1.17 bits per heavy atom. The van der Waals surface area contributed by atoms with E-state index in [0.717, 1.165) is 36.6 Å². The molecular weight excluding hydrogens is 304 g/mol. The molecule has 2 fully saturated rings. The lowest BCUT2D eigenvalue weighted by Gasteiger charge is -2.33. The van der Waals surface area contributed by atoms with Gasteiger partial charge in [0, 0.05) is 23.2 Å². The zero-order valence-corrected chi connectivity index (χ0v) is 13.4. The van der Waals surface area contributed by atoms with Crippen molar-refractivity contribution in [3.63, 3.8) is 0 Å². The van der Waals surface area contributed by atoms with Crippen molar-refractivity contribution >= 4 is 22.8 Å². The van der Waals surface area contributed by atoms with Crippen LogP contribution in [-0.4, -0.2) is 39.0 Å². The van der Waals surface area contributed by atoms with Gasteiger partial charge in [0.25, 0.3) is 5.91 Å². The average molecular weight is 324 g/mol. The number of fused-ring (bicyclic) bond motifs is 2. The summed E-state index contributed by atoms with van der Waals surface area (Å²) in [4.78, 5) is 30.7. The van der Waals surface area contributed by atoms with Gasteiger partial charge in [-0.2, -0.15) is 0 Å². The van der Waals surface area contributed by atoms with Crippen LogP contribution in [0.3, 0.4) is 0 Å². The Bertz CT molecular complexity index is 804. The maximum absolute atomic E-state index is 13.1. The van der Waals surface area contributed by atoms with Gasteiger partial charge >= 0.3 is 5.97 Å². The molecule has 1 aromatic carbocycles. The van der Waals surface area contributed by atoms with E-state index < -0.39 is 12.0 Å². The first-order chi connectivity index (χ1) is 11.6. The average Bonchev–Trinajstić information content (AvgIpc) is 3.00. The summed E-state index contributed by atoms with van der Waals surface area (Å²) >= 11 is 0. The predicted octanol–water partition coefficient (Wildman–Crippen LogP) is 3.09. The molecule has 0 bridgehead atoms. The van der Waals surface area contributed by atoms with Gasteiger partial charge in [-0.25, -0.2) is 4.79 Å². The quantitative estimate of drug-likeness (QED) is 0.921. The minimum atomic E-state index is -0.889. The van der Waals surface area contributed by atoms with E-state index in [4.69, 9.17) is 0 Å². The molecule has 1 aromatic heterocycles. The molecular formula is C19H20N2O3. The molecule has 5 nitrogen and oxygen atoms in total. The van der Waals surface area contributed by atoms with Crippen LogP contribution in [0, 0.1) is 5.92 Å². The topological polar surface area (TPSA) is 70.5 Å². The second-order valence-electron chi connectivity index (χ2n) is 6.82. The first-order valence-electron chi connectivity index (χ1n) is 8.55. The van der Waals surface area contributed by atoms with Gasteiger partial charge in [0.2, 0.25) is 0 Å². The number of hydrogen-bond acceptors (Lipinski definition) is 3. The van der Waals surface area contributed by atoms with Gasteiger partial charge in [0.1, 0.15) is 6.04 Å². The summed E-state index contributed by atoms with van der Waals surface area (Å²) < 4.78 is 0. The van der Waals surface area contributed by atoms with Crippen molar-refractivity contribution in [3.05, 3.63) is 42.1 Å². The number of carboxylic acids is 1. The predicted molar refractivity (Wildman–Crippen MR) is 89.7 cm³/mol. The molecule has 1 amide bonds. The van der Waals surface area contributed by atoms with E-state index >= 15 is 0 Å². The van der Waals surface area contributed by atoms with E-state index in [2.05, 4.69) is 4.98 Å². The fourth-order valence-corrected chi connectivity index (χ4v) is 4.33. The number of hydrogen-bond donors (Lipinski definition) is 1. The molecule has 24 heavy (non-hydrogen) atoms. The second kappa shape index (κ2) is 5.89. The lowest BCUT2D eigenvalue weighted by atomic mass is 9.84. The van der Waals surface area contributed by atoms with E-state index in [1.165, 1.54) is 0 Å². The van der Waals surface area contributed by atoms with Crippen LogP contribution in [-0.2, 0) is 4.79 Å². The first kappa shape index (κ1) is 15.1. The van der Waals surface area contributed by atoms with Gasteiger partial charge in [-0.05, 0) is 49.4 Å². The van der Waals surface area contributed by atoms with Gasteiger partial charge in [-0.1, -0.05) is 18.9 Å². The number of pyridine rings is 1. The smallest absolute Gasteiger partial charge is 0.326 e. The van der Waals surface area contributed by atoms with Crippen LogP contribution in [0.4, 0.5) is 0 Å². The summed E-state index contributed by atoms with van der Waals surface area (Å²) in [6.07, 6.45) is 6.45. The number of carbonyl (C=O) groups is 2. The van der Waals surface area contributed by atoms with Crippen LogP contribution in [0.15, 0.2) is 36.5 Å². The number of rotatable bonds is 2. The van der Waals surface area contributed by atoms with Crippen molar-refractivity contribution in [2.45, 2.75) is 44.2 Å². The fourth-order valence-electron chi connectivity index (χ4n) is 4.33. The van der Waals surface area contributed by atoms with Gasteiger partial charge in [0.05, 0.1) is 5.52 Å². The Hall–Kier alpha value is -2.43. The number of aliphatic carboxylic acids is 1. The number of aromatic nitrogens is 1. The number of likely N-dealkylation sites (tertiary alicyclic amines) is 1. The highest BCUT2D eigenvalue weighted by atomic mass is 16.4. The molecule has 0 radical (unpaired) electrons. The molecule has 3 atom stereocenters. The number of benzene rings is 1. The van der Waals surface area contributed by atoms with Crippen molar-refractivity contribution < 1.29 is 14.7 Å². The Morgan fingerprint density at radius 2 is 2.00 bits per heavy atom. The van der Waals surface area contributed by atoms with Crippen LogP contribution < -0.4 is 0 Å². The van der Waals surface area contributed by atoms with E-state index in [1.54, 1.807) is 17.2 Å². The molecule has 1 aliphatic heterocycles. The van der Waals surface area contributed by atoms with Crippen LogP contribution >= 0.6 is 0 Å². The van der Waals surface area contributed by atoms with Gasteiger partial charge in [0.15, 0.2) is 0 Å². The lowest BCUT2D eigenvalue weighted by Crippen LogP contribution is -2.46. The summed E-state index contributed by atoms with van der Waals surface area (Å²) in [6.45, 7) is 0. The maximum Gasteiger partial charge on any atom is 0.326 e. The molecule has 1 aliphatic carbocycles. The lowest BCUT2D eigenvalue weighted by molar-refractivity contribution is -0.141. The monoisotopic (exact) mass is 324 g/mol. The normalized spacial score (nSPS) is 26.3. The maximum atomic E-state index is 13.1. The van der Waals surface area contributed by atoms with E-state index in [-0.39, 0.29) is 11.9 Å². The zero-order chi connectivity index (χ0) is 16.7. The number of carbonyl (C=O) groups excluding carboxylic acids is 1. The third kappa shape index (κ3) is 2.44. The minimum Gasteiger partial charge on any atom is -0.480 e. The molecule has 124 valence electrons. The van der Waals surface area contributed by atoms with Crippen molar-refractivity contribution in [2.24, 2.45) is 5.92 Å². The van der Waals surface area contributed by atoms with Crippen molar-refractivity contribution in [1.82, 2.24) is 9.88 Å². The SMILES string of the molecule is O=C(O)[C@@H]1C[C@H]2CCCC[C@H]2N1C(=O)c1ccc2ncccc2c1. The van der Waals surface area contributed by atoms with Crippen molar-refractivity contribution in [1.29, 1.82) is 0 Å². The van der Waals surface area contributed by atoms with Crippen LogP contribution in [0.5, 0.6) is 0 Å². The third-order valence-electron chi connectivity index (χ3n) is 5.46. The zero-order valence-electron chi connectivity index (χ0n) is 13.4. The molecule has 2 heterocycles. The summed E-state index contributed by atoms with van der Waals surface area (Å²) in [5, 5.41) is 10.5. The summed E-state index contributed by atoms with van der Waals surface area (Å²) in [5.74, 6) is -0.728. The Balaban J connectivity index is 1.70. The molecule has 1 N–H and O–H groups in total. The Morgan fingerprint density at radius 3 is 2.83 bits per heavy atom. The summed E-state index contributed by atoms with van der Waals surface area (Å²) in [7, 11) is 0. The van der Waals surface area contributed by atoms with E-state index in [0.29, 0.717) is 17.9 Å². The molecule has 0 unspecified atom stereocenters. The van der Waals surface area contributed by atoms with Crippen LogP contribution in [0.25, 0.3) is 10.9 Å². The van der Waals surface area contributed by atoms with Crippen molar-refractivity contribution in [2.75, 3.05) is 0 Å². The first-order valence-corrected chi connectivity index (χ1v) is 8.55. The minimum absolute atomic E-state index is 0.0666. The third-order valence-corrected chi connectivity index (χ3v) is 5.46. The van der Waals surface area contributed by atoms with E-state index in [1.807, 2.05) is 24.3 Å². The van der Waals surface area contributed by atoms with Crippen LogP contribution in [0.1, 0.15) is 42.5 Å². The standard InChI is InChI=1S/C19H20N2O3/c22-18(14-7-8-15-12(10-14)5-3-9-20-15)21-16-6-2-1-4-13(16)11-17(21)19(23)24/h3,5,7-10,13,16-17H,1-2,4,6,11H2,(H,23,24)/t13-,16-,17+/m1/s1. The molecule has 1 saturated carbocycles. The largest absolute Gasteiger partial charge is 0.480 e. The molecule has 5 heteroatoms. The van der Waals surface area contributed by atoms with Gasteiger partial charge in [-0.15, -0.1) is 0 Å². The number of nitrogens with zero attached hydrogens (tertiary/aromatic N) is 2. The van der Waals surface area contributed by atoms with Gasteiger partial charge in [-0.3, -0.25) is 9.78 Å². The van der Waals surface area contributed by atoms with Crippen LogP contribution in [0.2, 0.25) is 0 Å². The molecule has 0 spiro atoms. The number of amides is 1.